The number of piperidine rings is 1. The lowest BCUT2D eigenvalue weighted by Gasteiger charge is -2.33. The molecule has 0 radical (unpaired) electrons. The highest BCUT2D eigenvalue weighted by Crippen LogP contribution is 2.32. The van der Waals surface area contributed by atoms with Gasteiger partial charge in [-0.05, 0) is 91.9 Å². The van der Waals surface area contributed by atoms with Crippen LogP contribution in [0.5, 0.6) is 0 Å². The summed E-state index contributed by atoms with van der Waals surface area (Å²) in [5, 5.41) is 0. The Hall–Kier alpha value is -2.41. The Morgan fingerprint density at radius 3 is 2.29 bits per heavy atom. The fourth-order valence-electron chi connectivity index (χ4n) is 4.21. The van der Waals surface area contributed by atoms with E-state index in [9.17, 15) is 13.3 Å². The van der Waals surface area contributed by atoms with Crippen LogP contribution in [-0.4, -0.2) is 22.5 Å². The van der Waals surface area contributed by atoms with Crippen LogP contribution in [0.25, 0.3) is 0 Å². The summed E-state index contributed by atoms with van der Waals surface area (Å²) in [4.78, 5) is 3.26. The van der Waals surface area contributed by atoms with Crippen LogP contribution in [0.4, 0.5) is 14.5 Å². The quantitative estimate of drug-likeness (QED) is 0.427. The lowest BCUT2D eigenvalue weighted by molar-refractivity contribution is 0.204. The number of halogens is 2. The van der Waals surface area contributed by atoms with Crippen molar-refractivity contribution in [2.24, 2.45) is 0 Å². The number of hydrogen-bond acceptors (Lipinski definition) is 3. The monoisotopic (exact) mass is 440 g/mol. The average molecular weight is 441 g/mol. The number of rotatable bonds is 5. The Balaban J connectivity index is 1.35. The van der Waals surface area contributed by atoms with E-state index in [1.165, 1.54) is 17.2 Å². The second-order valence-corrected chi connectivity index (χ2v) is 9.64. The summed E-state index contributed by atoms with van der Waals surface area (Å²) in [6.07, 6.45) is 2.20. The van der Waals surface area contributed by atoms with Crippen molar-refractivity contribution in [1.29, 1.82) is 0 Å². The molecule has 1 saturated heterocycles. The van der Waals surface area contributed by atoms with Gasteiger partial charge in [-0.3, -0.25) is 4.90 Å². The standard InChI is InChI=1S/C25H26F2N2OS/c1-17-2-5-20(28)14-23(17)19-10-12-29(13-11-19)16-18-3-6-21(7-4-18)31(30)22-8-9-24(26)25(27)15-22/h2-9,14-15,19H,10-13,16,28H2,1H3. The maximum Gasteiger partial charge on any atom is 0.163 e. The number of nitrogens with two attached hydrogens (primary N) is 1. The Morgan fingerprint density at radius 1 is 0.935 bits per heavy atom. The van der Waals surface area contributed by atoms with Crippen molar-refractivity contribution in [1.82, 2.24) is 4.90 Å². The molecule has 4 rings (SSSR count). The van der Waals surface area contributed by atoms with Gasteiger partial charge in [0.25, 0.3) is 0 Å². The van der Waals surface area contributed by atoms with Crippen molar-refractivity contribution in [3.8, 4) is 0 Å². The topological polar surface area (TPSA) is 52.3 Å². The number of likely N-dealkylation sites (tertiary alicyclic amines) is 1. The third-order valence-corrected chi connectivity index (χ3v) is 7.36. The van der Waals surface area contributed by atoms with Crippen LogP contribution >= 0.6 is 0 Å². The fraction of sp³-hybridized carbons (Fsp3) is 0.280. The molecule has 1 fully saturated rings. The van der Waals surface area contributed by atoms with E-state index in [0.717, 1.165) is 55.9 Å². The minimum atomic E-state index is -1.54. The number of nitrogen functional groups attached to an aromatic ring is 1. The van der Waals surface area contributed by atoms with E-state index in [1.54, 1.807) is 12.1 Å². The van der Waals surface area contributed by atoms with Gasteiger partial charge in [0.05, 0.1) is 0 Å². The van der Waals surface area contributed by atoms with Gasteiger partial charge in [-0.2, -0.15) is 0 Å². The lowest BCUT2D eigenvalue weighted by Crippen LogP contribution is -2.32. The highest BCUT2D eigenvalue weighted by Gasteiger charge is 2.22. The molecule has 0 amide bonds. The van der Waals surface area contributed by atoms with E-state index in [4.69, 9.17) is 5.73 Å². The SMILES string of the molecule is Cc1ccc(N)cc1C1CCN(Cc2ccc([S+]([O-])c3ccc(F)c(F)c3)cc2)CC1. The first-order valence-electron chi connectivity index (χ1n) is 10.4. The summed E-state index contributed by atoms with van der Waals surface area (Å²) < 4.78 is 39.2. The molecule has 1 aliphatic rings. The molecule has 3 aromatic rings. The molecule has 31 heavy (non-hydrogen) atoms. The van der Waals surface area contributed by atoms with Crippen LogP contribution in [0.15, 0.2) is 70.5 Å². The summed E-state index contributed by atoms with van der Waals surface area (Å²) in [6, 6.07) is 17.0. The predicted molar refractivity (Wildman–Crippen MR) is 120 cm³/mol. The smallest absolute Gasteiger partial charge is 0.163 e. The maximum atomic E-state index is 13.4. The normalized spacial score (nSPS) is 16.4. The first-order chi connectivity index (χ1) is 14.9. The minimum absolute atomic E-state index is 0.255. The van der Waals surface area contributed by atoms with Gasteiger partial charge in [0, 0.05) is 29.5 Å². The molecular formula is C25H26F2N2OS. The van der Waals surface area contributed by atoms with Gasteiger partial charge in [0.15, 0.2) is 21.4 Å². The molecule has 3 aromatic carbocycles. The summed E-state index contributed by atoms with van der Waals surface area (Å²) in [5.41, 5.74) is 10.6. The van der Waals surface area contributed by atoms with Gasteiger partial charge < -0.3 is 10.3 Å². The molecule has 2 N–H and O–H groups in total. The highest BCUT2D eigenvalue weighted by molar-refractivity contribution is 7.91. The summed E-state index contributed by atoms with van der Waals surface area (Å²) >= 11 is -1.54. The van der Waals surface area contributed by atoms with Crippen molar-refractivity contribution in [3.05, 3.63) is 89.0 Å². The molecule has 0 spiro atoms. The zero-order valence-corrected chi connectivity index (χ0v) is 18.3. The van der Waals surface area contributed by atoms with Gasteiger partial charge in [-0.15, -0.1) is 0 Å². The number of nitrogens with zero attached hydrogens (tertiary/aromatic N) is 1. The van der Waals surface area contributed by atoms with Crippen LogP contribution in [0.2, 0.25) is 0 Å². The van der Waals surface area contributed by atoms with E-state index >= 15 is 0 Å². The second-order valence-electron chi connectivity index (χ2n) is 8.16. The van der Waals surface area contributed by atoms with Crippen molar-refractivity contribution in [3.63, 3.8) is 0 Å². The zero-order chi connectivity index (χ0) is 22.0. The highest BCUT2D eigenvalue weighted by atomic mass is 32.2. The van der Waals surface area contributed by atoms with Gasteiger partial charge in [-0.25, -0.2) is 8.78 Å². The van der Waals surface area contributed by atoms with Crippen molar-refractivity contribution in [2.45, 2.75) is 42.0 Å². The first-order valence-corrected chi connectivity index (χ1v) is 11.6. The minimum Gasteiger partial charge on any atom is -0.606 e. The first kappa shape index (κ1) is 21.8. The Bertz CT molecular complexity index is 1050. The molecule has 0 saturated carbocycles. The van der Waals surface area contributed by atoms with Crippen LogP contribution in [-0.2, 0) is 17.7 Å². The van der Waals surface area contributed by atoms with Gasteiger partial charge in [0.1, 0.15) is 0 Å². The average Bonchev–Trinajstić information content (AvgIpc) is 2.78. The summed E-state index contributed by atoms with van der Waals surface area (Å²) in [6.45, 7) is 5.01. The van der Waals surface area contributed by atoms with E-state index in [0.29, 0.717) is 10.8 Å². The molecule has 1 unspecified atom stereocenters. The molecule has 0 aliphatic carbocycles. The van der Waals surface area contributed by atoms with Crippen LogP contribution < -0.4 is 5.73 Å². The maximum absolute atomic E-state index is 13.4. The van der Waals surface area contributed by atoms with Gasteiger partial charge >= 0.3 is 0 Å². The van der Waals surface area contributed by atoms with Gasteiger partial charge in [0.2, 0.25) is 0 Å². The second kappa shape index (κ2) is 9.39. The molecule has 0 aromatic heterocycles. The summed E-state index contributed by atoms with van der Waals surface area (Å²) in [7, 11) is 0. The lowest BCUT2D eigenvalue weighted by atomic mass is 9.86. The molecule has 0 bridgehead atoms. The van der Waals surface area contributed by atoms with Crippen molar-refractivity contribution in [2.75, 3.05) is 18.8 Å². The molecule has 1 heterocycles. The Kier molecular flexibility index (Phi) is 6.60. The van der Waals surface area contributed by atoms with Crippen LogP contribution in [0, 0.1) is 18.6 Å². The van der Waals surface area contributed by atoms with Crippen molar-refractivity contribution >= 4 is 16.9 Å². The van der Waals surface area contributed by atoms with Crippen LogP contribution in [0.1, 0.15) is 35.4 Å². The molecule has 3 nitrogen and oxygen atoms in total. The Labute approximate surface area is 185 Å². The number of hydrogen-bond donors (Lipinski definition) is 1. The number of benzene rings is 3. The third kappa shape index (κ3) is 5.09. The Morgan fingerprint density at radius 2 is 1.61 bits per heavy atom. The van der Waals surface area contributed by atoms with Crippen LogP contribution in [0.3, 0.4) is 0 Å². The van der Waals surface area contributed by atoms with E-state index < -0.39 is 22.8 Å². The largest absolute Gasteiger partial charge is 0.606 e. The van der Waals surface area contributed by atoms with Crippen molar-refractivity contribution < 1.29 is 13.3 Å². The molecule has 162 valence electrons. The number of anilines is 1. The number of aryl methyl sites for hydroxylation is 1. The predicted octanol–water partition coefficient (Wildman–Crippen LogP) is 5.40. The zero-order valence-electron chi connectivity index (χ0n) is 17.5. The third-order valence-electron chi connectivity index (χ3n) is 5.98. The molecular weight excluding hydrogens is 414 g/mol. The van der Waals surface area contributed by atoms with E-state index in [2.05, 4.69) is 24.0 Å². The van der Waals surface area contributed by atoms with E-state index in [-0.39, 0.29) is 4.90 Å². The van der Waals surface area contributed by atoms with Gasteiger partial charge in [-0.1, -0.05) is 18.2 Å². The van der Waals surface area contributed by atoms with E-state index in [1.807, 2.05) is 18.2 Å². The molecule has 1 atom stereocenters. The fourth-order valence-corrected chi connectivity index (χ4v) is 5.26. The molecule has 6 heteroatoms. The summed E-state index contributed by atoms with van der Waals surface area (Å²) in [5.74, 6) is -1.38. The molecule has 1 aliphatic heterocycles.